The highest BCUT2D eigenvalue weighted by Gasteiger charge is 2.19. The Labute approximate surface area is 104 Å². The molecule has 4 heteroatoms. The van der Waals surface area contributed by atoms with Crippen molar-refractivity contribution in [3.05, 3.63) is 64.4 Å². The SMILES string of the molecule is Clc1ccc([C@H]2NN=Cc3ccccc32)nc1. The van der Waals surface area contributed by atoms with E-state index in [2.05, 4.69) is 21.6 Å². The molecule has 0 spiro atoms. The molecule has 0 aliphatic carbocycles. The van der Waals surface area contributed by atoms with Gasteiger partial charge in [-0.05, 0) is 17.7 Å². The van der Waals surface area contributed by atoms with Crippen LogP contribution in [0, 0.1) is 0 Å². The van der Waals surface area contributed by atoms with Gasteiger partial charge < -0.3 is 0 Å². The summed E-state index contributed by atoms with van der Waals surface area (Å²) in [4.78, 5) is 4.33. The normalized spacial score (nSPS) is 17.4. The van der Waals surface area contributed by atoms with Gasteiger partial charge in [0.25, 0.3) is 0 Å². The number of pyridine rings is 1. The Bertz CT molecular complexity index is 563. The van der Waals surface area contributed by atoms with Crippen molar-refractivity contribution in [2.45, 2.75) is 6.04 Å². The molecule has 0 unspecified atom stereocenters. The van der Waals surface area contributed by atoms with E-state index >= 15 is 0 Å². The molecule has 0 radical (unpaired) electrons. The Morgan fingerprint density at radius 3 is 2.82 bits per heavy atom. The number of hydrogen-bond donors (Lipinski definition) is 1. The summed E-state index contributed by atoms with van der Waals surface area (Å²) < 4.78 is 0. The summed E-state index contributed by atoms with van der Waals surface area (Å²) in [5.41, 5.74) is 6.29. The monoisotopic (exact) mass is 243 g/mol. The van der Waals surface area contributed by atoms with E-state index in [1.165, 1.54) is 5.56 Å². The van der Waals surface area contributed by atoms with Crippen LogP contribution in [0.2, 0.25) is 5.02 Å². The van der Waals surface area contributed by atoms with Crippen molar-refractivity contribution in [3.63, 3.8) is 0 Å². The first-order chi connectivity index (χ1) is 8.34. The molecule has 0 saturated heterocycles. The number of hydrazone groups is 1. The summed E-state index contributed by atoms with van der Waals surface area (Å²) in [5.74, 6) is 0. The highest BCUT2D eigenvalue weighted by molar-refractivity contribution is 6.30. The van der Waals surface area contributed by atoms with E-state index in [0.717, 1.165) is 11.3 Å². The van der Waals surface area contributed by atoms with E-state index < -0.39 is 0 Å². The molecule has 84 valence electrons. The van der Waals surface area contributed by atoms with Crippen LogP contribution in [0.5, 0.6) is 0 Å². The Morgan fingerprint density at radius 1 is 1.12 bits per heavy atom. The minimum Gasteiger partial charge on any atom is -0.296 e. The molecule has 2 aromatic rings. The molecule has 0 bridgehead atoms. The number of benzene rings is 1. The lowest BCUT2D eigenvalue weighted by Crippen LogP contribution is -2.23. The van der Waals surface area contributed by atoms with Gasteiger partial charge in [-0.15, -0.1) is 0 Å². The third-order valence-electron chi connectivity index (χ3n) is 2.76. The quantitative estimate of drug-likeness (QED) is 0.836. The fraction of sp³-hybridized carbons (Fsp3) is 0.0769. The molecule has 0 fully saturated rings. The van der Waals surface area contributed by atoms with Crippen molar-refractivity contribution in [2.24, 2.45) is 5.10 Å². The van der Waals surface area contributed by atoms with Crippen molar-refractivity contribution in [1.82, 2.24) is 10.4 Å². The zero-order chi connectivity index (χ0) is 11.7. The number of rotatable bonds is 1. The van der Waals surface area contributed by atoms with Gasteiger partial charge in [0.05, 0.1) is 16.9 Å². The molecule has 0 amide bonds. The highest BCUT2D eigenvalue weighted by Crippen LogP contribution is 2.25. The number of aromatic nitrogens is 1. The third kappa shape index (κ3) is 1.89. The molecule has 1 aliphatic heterocycles. The Morgan fingerprint density at radius 2 is 2.00 bits per heavy atom. The maximum atomic E-state index is 5.84. The van der Waals surface area contributed by atoms with Crippen LogP contribution in [0.1, 0.15) is 22.9 Å². The van der Waals surface area contributed by atoms with E-state index in [4.69, 9.17) is 11.6 Å². The second-order valence-corrected chi connectivity index (χ2v) is 4.29. The number of nitrogens with zero attached hydrogens (tertiary/aromatic N) is 2. The van der Waals surface area contributed by atoms with E-state index in [1.54, 1.807) is 6.20 Å². The maximum Gasteiger partial charge on any atom is 0.112 e. The van der Waals surface area contributed by atoms with Crippen LogP contribution < -0.4 is 5.43 Å². The van der Waals surface area contributed by atoms with Gasteiger partial charge in [0.2, 0.25) is 0 Å². The molecule has 0 saturated carbocycles. The number of halogens is 1. The lowest BCUT2D eigenvalue weighted by atomic mass is 9.97. The summed E-state index contributed by atoms with van der Waals surface area (Å²) in [6, 6.07) is 11.9. The van der Waals surface area contributed by atoms with Crippen LogP contribution >= 0.6 is 11.6 Å². The molecule has 1 aliphatic rings. The average molecular weight is 244 g/mol. The van der Waals surface area contributed by atoms with Crippen molar-refractivity contribution in [2.75, 3.05) is 0 Å². The van der Waals surface area contributed by atoms with E-state index in [1.807, 2.05) is 36.5 Å². The summed E-state index contributed by atoms with van der Waals surface area (Å²) in [6.45, 7) is 0. The largest absolute Gasteiger partial charge is 0.296 e. The summed E-state index contributed by atoms with van der Waals surface area (Å²) in [7, 11) is 0. The smallest absolute Gasteiger partial charge is 0.112 e. The van der Waals surface area contributed by atoms with Gasteiger partial charge in [0.1, 0.15) is 6.04 Å². The van der Waals surface area contributed by atoms with Gasteiger partial charge in [-0.3, -0.25) is 10.4 Å². The molecule has 3 rings (SSSR count). The predicted molar refractivity (Wildman–Crippen MR) is 68.3 cm³/mol. The van der Waals surface area contributed by atoms with Gasteiger partial charge in [-0.25, -0.2) is 0 Å². The first-order valence-corrected chi connectivity index (χ1v) is 5.71. The van der Waals surface area contributed by atoms with Gasteiger partial charge >= 0.3 is 0 Å². The summed E-state index contributed by atoms with van der Waals surface area (Å²) in [6.07, 6.45) is 3.47. The third-order valence-corrected chi connectivity index (χ3v) is 2.98. The van der Waals surface area contributed by atoms with Crippen molar-refractivity contribution in [1.29, 1.82) is 0 Å². The molecular weight excluding hydrogens is 234 g/mol. The van der Waals surface area contributed by atoms with Gasteiger partial charge in [0.15, 0.2) is 0 Å². The fourth-order valence-electron chi connectivity index (χ4n) is 1.93. The van der Waals surface area contributed by atoms with E-state index in [-0.39, 0.29) is 6.04 Å². The van der Waals surface area contributed by atoms with Crippen LogP contribution in [-0.4, -0.2) is 11.2 Å². The van der Waals surface area contributed by atoms with Crippen LogP contribution in [0.4, 0.5) is 0 Å². The zero-order valence-corrected chi connectivity index (χ0v) is 9.72. The number of hydrogen-bond acceptors (Lipinski definition) is 3. The lowest BCUT2D eigenvalue weighted by Gasteiger charge is -2.22. The Kier molecular flexibility index (Phi) is 2.53. The molecule has 1 atom stereocenters. The first kappa shape index (κ1) is 10.3. The van der Waals surface area contributed by atoms with Gasteiger partial charge in [0, 0.05) is 11.8 Å². The van der Waals surface area contributed by atoms with Gasteiger partial charge in [-0.1, -0.05) is 35.9 Å². The second-order valence-electron chi connectivity index (χ2n) is 3.85. The summed E-state index contributed by atoms with van der Waals surface area (Å²) >= 11 is 5.84. The Balaban J connectivity index is 2.05. The molecule has 1 aromatic heterocycles. The first-order valence-electron chi connectivity index (χ1n) is 5.33. The van der Waals surface area contributed by atoms with Crippen molar-refractivity contribution < 1.29 is 0 Å². The van der Waals surface area contributed by atoms with E-state index in [0.29, 0.717) is 5.02 Å². The predicted octanol–water partition coefficient (Wildman–Crippen LogP) is 2.76. The van der Waals surface area contributed by atoms with Crippen LogP contribution in [-0.2, 0) is 0 Å². The molecule has 3 nitrogen and oxygen atoms in total. The maximum absolute atomic E-state index is 5.84. The van der Waals surface area contributed by atoms with Crippen LogP contribution in [0.15, 0.2) is 47.7 Å². The molecule has 2 heterocycles. The minimum absolute atomic E-state index is 0.00605. The molecule has 17 heavy (non-hydrogen) atoms. The van der Waals surface area contributed by atoms with Crippen LogP contribution in [0.3, 0.4) is 0 Å². The fourth-order valence-corrected chi connectivity index (χ4v) is 2.04. The number of nitrogens with one attached hydrogen (secondary N) is 1. The summed E-state index contributed by atoms with van der Waals surface area (Å²) in [5, 5.41) is 4.79. The minimum atomic E-state index is -0.00605. The zero-order valence-electron chi connectivity index (χ0n) is 8.97. The average Bonchev–Trinajstić information content (AvgIpc) is 2.39. The van der Waals surface area contributed by atoms with Crippen molar-refractivity contribution >= 4 is 17.8 Å². The molecule has 1 N–H and O–H groups in total. The Hall–Kier alpha value is -1.87. The molecule has 1 aromatic carbocycles. The topological polar surface area (TPSA) is 37.3 Å². The van der Waals surface area contributed by atoms with Gasteiger partial charge in [-0.2, -0.15) is 5.10 Å². The molecular formula is C13H10ClN3. The van der Waals surface area contributed by atoms with E-state index in [9.17, 15) is 0 Å². The van der Waals surface area contributed by atoms with Crippen molar-refractivity contribution in [3.8, 4) is 0 Å². The standard InChI is InChI=1S/C13H10ClN3/c14-10-5-6-12(15-8-10)13-11-4-2-1-3-9(11)7-16-17-13/h1-8,13,17H/t13-/m0/s1. The number of fused-ring (bicyclic) bond motifs is 1. The lowest BCUT2D eigenvalue weighted by molar-refractivity contribution is 0.616. The second kappa shape index (κ2) is 4.18. The van der Waals surface area contributed by atoms with Crippen LogP contribution in [0.25, 0.3) is 0 Å². The highest BCUT2D eigenvalue weighted by atomic mass is 35.5.